The third-order valence-electron chi connectivity index (χ3n) is 4.60. The molecule has 0 radical (unpaired) electrons. The number of benzene rings is 2. The second-order valence-corrected chi connectivity index (χ2v) is 7.14. The van der Waals surface area contributed by atoms with Crippen LogP contribution in [0.3, 0.4) is 0 Å². The molecule has 2 aliphatic rings. The molecule has 8 heteroatoms. The molecule has 1 spiro atoms. The zero-order valence-corrected chi connectivity index (χ0v) is 14.4. The first-order chi connectivity index (χ1) is 11.9. The maximum Gasteiger partial charge on any atom is 0.272 e. The molecule has 6 nitrogen and oxygen atoms in total. The van der Waals surface area contributed by atoms with Crippen LogP contribution >= 0.6 is 23.2 Å². The molecule has 1 aliphatic heterocycles. The lowest BCUT2D eigenvalue weighted by molar-refractivity contribution is -0.384. The summed E-state index contributed by atoms with van der Waals surface area (Å²) >= 11 is 12.2. The molecule has 0 unspecified atom stereocenters. The topological polar surface area (TPSA) is 81.5 Å². The van der Waals surface area contributed by atoms with Gasteiger partial charge in [0.2, 0.25) is 5.91 Å². The SMILES string of the molecule is O=C1Nc2ccc(Oc3c(Cl)cc([N+](=O)[O-])cc3Cl)cc2CC12CC2. The number of nitro groups is 1. The molecule has 2 aromatic carbocycles. The van der Waals surface area contributed by atoms with E-state index in [2.05, 4.69) is 5.32 Å². The van der Waals surface area contributed by atoms with Crippen molar-refractivity contribution in [2.24, 2.45) is 5.41 Å². The van der Waals surface area contributed by atoms with Gasteiger partial charge in [0.15, 0.2) is 5.75 Å². The van der Waals surface area contributed by atoms with E-state index < -0.39 is 4.92 Å². The van der Waals surface area contributed by atoms with Crippen molar-refractivity contribution >= 4 is 40.5 Å². The van der Waals surface area contributed by atoms with Crippen molar-refractivity contribution in [3.8, 4) is 11.5 Å². The highest BCUT2D eigenvalue weighted by atomic mass is 35.5. The van der Waals surface area contributed by atoms with E-state index in [1.165, 1.54) is 12.1 Å². The highest BCUT2D eigenvalue weighted by Gasteiger charge is 2.52. The van der Waals surface area contributed by atoms with E-state index in [0.717, 1.165) is 24.1 Å². The van der Waals surface area contributed by atoms with Crippen LogP contribution in [0.1, 0.15) is 18.4 Å². The van der Waals surface area contributed by atoms with Crippen molar-refractivity contribution < 1.29 is 14.5 Å². The maximum absolute atomic E-state index is 12.1. The lowest BCUT2D eigenvalue weighted by Crippen LogP contribution is -2.31. The number of hydrogen-bond acceptors (Lipinski definition) is 4. The summed E-state index contributed by atoms with van der Waals surface area (Å²) in [6.45, 7) is 0. The van der Waals surface area contributed by atoms with Gasteiger partial charge >= 0.3 is 0 Å². The Morgan fingerprint density at radius 2 is 1.84 bits per heavy atom. The smallest absolute Gasteiger partial charge is 0.272 e. The Balaban J connectivity index is 1.64. The fraction of sp³-hybridized carbons (Fsp3) is 0.235. The summed E-state index contributed by atoms with van der Waals surface area (Å²) < 4.78 is 5.76. The molecule has 1 saturated carbocycles. The number of anilines is 1. The number of carbonyl (C=O) groups excluding carboxylic acids is 1. The summed E-state index contributed by atoms with van der Waals surface area (Å²) in [6, 6.07) is 7.69. The van der Waals surface area contributed by atoms with Crippen LogP contribution in [0.15, 0.2) is 30.3 Å². The van der Waals surface area contributed by atoms with Gasteiger partial charge in [-0.2, -0.15) is 0 Å². The largest absolute Gasteiger partial charge is 0.454 e. The van der Waals surface area contributed by atoms with Gasteiger partial charge in [0.05, 0.1) is 20.4 Å². The van der Waals surface area contributed by atoms with Crippen molar-refractivity contribution in [2.75, 3.05) is 5.32 Å². The number of non-ortho nitro benzene ring substituents is 1. The van der Waals surface area contributed by atoms with Gasteiger partial charge in [-0.1, -0.05) is 23.2 Å². The minimum Gasteiger partial charge on any atom is -0.454 e. The monoisotopic (exact) mass is 378 g/mol. The van der Waals surface area contributed by atoms with Crippen LogP contribution in [0.5, 0.6) is 11.5 Å². The summed E-state index contributed by atoms with van der Waals surface area (Å²) in [7, 11) is 0. The van der Waals surface area contributed by atoms with Gasteiger partial charge in [0.1, 0.15) is 5.75 Å². The van der Waals surface area contributed by atoms with Crippen molar-refractivity contribution in [3.05, 3.63) is 56.1 Å². The van der Waals surface area contributed by atoms with E-state index >= 15 is 0 Å². The number of hydrogen-bond donors (Lipinski definition) is 1. The first-order valence-electron chi connectivity index (χ1n) is 7.64. The molecule has 2 aromatic rings. The maximum atomic E-state index is 12.1. The quantitative estimate of drug-likeness (QED) is 0.603. The molecule has 1 fully saturated rings. The molecule has 25 heavy (non-hydrogen) atoms. The normalized spacial score (nSPS) is 17.0. The summed E-state index contributed by atoms with van der Waals surface area (Å²) in [5, 5.41) is 13.9. The third kappa shape index (κ3) is 2.81. The zero-order valence-electron chi connectivity index (χ0n) is 12.8. The van der Waals surface area contributed by atoms with Gasteiger partial charge in [0, 0.05) is 17.8 Å². The molecule has 1 amide bonds. The minimum atomic E-state index is -0.571. The average molecular weight is 379 g/mol. The van der Waals surface area contributed by atoms with Gasteiger partial charge in [0.25, 0.3) is 5.69 Å². The molecule has 128 valence electrons. The summed E-state index contributed by atoms with van der Waals surface area (Å²) in [6.07, 6.45) is 2.46. The Morgan fingerprint density at radius 3 is 2.44 bits per heavy atom. The number of rotatable bonds is 3. The van der Waals surface area contributed by atoms with E-state index in [1.807, 2.05) is 6.07 Å². The Labute approximate surface area is 152 Å². The number of nitro benzene ring substituents is 1. The highest BCUT2D eigenvalue weighted by Crippen LogP contribution is 2.53. The lowest BCUT2D eigenvalue weighted by atomic mass is 9.90. The lowest BCUT2D eigenvalue weighted by Gasteiger charge is -2.24. The fourth-order valence-electron chi connectivity index (χ4n) is 3.02. The van der Waals surface area contributed by atoms with Crippen LogP contribution in [0.25, 0.3) is 0 Å². The second kappa shape index (κ2) is 5.61. The van der Waals surface area contributed by atoms with Crippen LogP contribution in [-0.2, 0) is 11.2 Å². The molecular weight excluding hydrogens is 367 g/mol. The van der Waals surface area contributed by atoms with Gasteiger partial charge in [-0.3, -0.25) is 14.9 Å². The number of ether oxygens (including phenoxy) is 1. The van der Waals surface area contributed by atoms with Crippen molar-refractivity contribution in [1.82, 2.24) is 0 Å². The standard InChI is InChI=1S/C17H12Cl2N2O4/c18-12-6-10(21(23)24)7-13(19)15(12)25-11-1-2-14-9(5-11)8-17(3-4-17)16(22)20-14/h1-2,5-7H,3-4,8H2,(H,20,22). The number of carbonyl (C=O) groups is 1. The Bertz CT molecular complexity index is 902. The molecular formula is C17H12Cl2N2O4. The summed E-state index contributed by atoms with van der Waals surface area (Å²) in [4.78, 5) is 22.3. The van der Waals surface area contributed by atoms with E-state index in [0.29, 0.717) is 12.2 Å². The number of nitrogens with zero attached hydrogens (tertiary/aromatic N) is 1. The van der Waals surface area contributed by atoms with E-state index in [-0.39, 0.29) is 32.8 Å². The zero-order chi connectivity index (χ0) is 17.8. The predicted molar refractivity (Wildman–Crippen MR) is 93.6 cm³/mol. The van der Waals surface area contributed by atoms with Gasteiger partial charge in [-0.25, -0.2) is 0 Å². The minimum absolute atomic E-state index is 0.0592. The highest BCUT2D eigenvalue weighted by molar-refractivity contribution is 6.37. The van der Waals surface area contributed by atoms with E-state index in [1.54, 1.807) is 12.1 Å². The van der Waals surface area contributed by atoms with Gasteiger partial charge in [-0.05, 0) is 43.0 Å². The average Bonchev–Trinajstić information content (AvgIpc) is 3.32. The molecule has 1 aliphatic carbocycles. The first-order valence-corrected chi connectivity index (χ1v) is 8.39. The van der Waals surface area contributed by atoms with E-state index in [4.69, 9.17) is 27.9 Å². The van der Waals surface area contributed by atoms with E-state index in [9.17, 15) is 14.9 Å². The summed E-state index contributed by atoms with van der Waals surface area (Å²) in [5.41, 5.74) is 1.29. The van der Waals surface area contributed by atoms with Crippen LogP contribution in [0.2, 0.25) is 10.0 Å². The molecule has 1 heterocycles. The molecule has 0 aromatic heterocycles. The molecule has 0 saturated heterocycles. The second-order valence-electron chi connectivity index (χ2n) is 6.33. The first kappa shape index (κ1) is 16.2. The van der Waals surface area contributed by atoms with Gasteiger partial charge < -0.3 is 10.1 Å². The molecule has 0 bridgehead atoms. The number of fused-ring (bicyclic) bond motifs is 1. The molecule has 0 atom stereocenters. The van der Waals surface area contributed by atoms with Crippen LogP contribution < -0.4 is 10.1 Å². The number of halogens is 2. The molecule has 4 rings (SSSR count). The third-order valence-corrected chi connectivity index (χ3v) is 5.16. The fourth-order valence-corrected chi connectivity index (χ4v) is 3.58. The van der Waals surface area contributed by atoms with Crippen LogP contribution in [0.4, 0.5) is 11.4 Å². The van der Waals surface area contributed by atoms with Crippen molar-refractivity contribution in [1.29, 1.82) is 0 Å². The Kier molecular flexibility index (Phi) is 3.63. The van der Waals surface area contributed by atoms with Gasteiger partial charge in [-0.15, -0.1) is 0 Å². The Hall–Kier alpha value is -2.31. The number of amides is 1. The number of nitrogens with one attached hydrogen (secondary N) is 1. The van der Waals surface area contributed by atoms with Crippen LogP contribution in [-0.4, -0.2) is 10.8 Å². The van der Waals surface area contributed by atoms with Crippen molar-refractivity contribution in [2.45, 2.75) is 19.3 Å². The summed E-state index contributed by atoms with van der Waals surface area (Å²) in [5.74, 6) is 0.744. The molecule has 1 N–H and O–H groups in total. The van der Waals surface area contributed by atoms with Crippen LogP contribution in [0, 0.1) is 15.5 Å². The Morgan fingerprint density at radius 1 is 1.16 bits per heavy atom. The van der Waals surface area contributed by atoms with Crippen molar-refractivity contribution in [3.63, 3.8) is 0 Å². The predicted octanol–water partition coefficient (Wildman–Crippen LogP) is 4.97.